The number of carbonyl (C=O) groups is 2. The first-order valence-corrected chi connectivity index (χ1v) is 8.07. The van der Waals surface area contributed by atoms with Gasteiger partial charge in [0, 0.05) is 23.5 Å². The Bertz CT molecular complexity index is 582. The summed E-state index contributed by atoms with van der Waals surface area (Å²) in [7, 11) is 0. The van der Waals surface area contributed by atoms with Crippen molar-refractivity contribution in [2.75, 3.05) is 5.32 Å². The lowest BCUT2D eigenvalue weighted by atomic mass is 9.58. The highest BCUT2D eigenvalue weighted by molar-refractivity contribution is 5.96. The molecule has 2 atom stereocenters. The minimum atomic E-state index is -1.06. The monoisotopic (exact) mass is 300 g/mol. The lowest BCUT2D eigenvalue weighted by Gasteiger charge is -2.48. The van der Waals surface area contributed by atoms with Crippen molar-refractivity contribution in [1.82, 2.24) is 0 Å². The molecule has 22 heavy (non-hydrogen) atoms. The van der Waals surface area contributed by atoms with Gasteiger partial charge in [-0.3, -0.25) is 4.79 Å². The Morgan fingerprint density at radius 1 is 1.00 bits per heavy atom. The summed E-state index contributed by atoms with van der Waals surface area (Å²) in [5.74, 6) is -2.01. The Hall–Kier alpha value is -1.84. The molecule has 0 aromatic heterocycles. The molecule has 0 radical (unpaired) electrons. The molecule has 3 aliphatic carbocycles. The van der Waals surface area contributed by atoms with Crippen molar-refractivity contribution in [3.63, 3.8) is 0 Å². The fourth-order valence-electron chi connectivity index (χ4n) is 4.38. The average Bonchev–Trinajstić information content (AvgIpc) is 2.51. The van der Waals surface area contributed by atoms with E-state index < -0.39 is 17.8 Å². The Kier molecular flexibility index (Phi) is 3.94. The van der Waals surface area contributed by atoms with E-state index in [4.69, 9.17) is 0 Å². The number of carbonyl (C=O) groups excluding carboxylic acids is 2. The molecule has 1 amide bonds. The number of nitrogens with one attached hydrogen (secondary N) is 1. The predicted molar refractivity (Wildman–Crippen MR) is 82.0 cm³/mol. The van der Waals surface area contributed by atoms with E-state index in [1.165, 1.54) is 0 Å². The van der Waals surface area contributed by atoms with Gasteiger partial charge in [-0.15, -0.1) is 0 Å². The van der Waals surface area contributed by atoms with Crippen LogP contribution in [0.5, 0.6) is 0 Å². The second-order valence-corrected chi connectivity index (χ2v) is 6.80. The van der Waals surface area contributed by atoms with Crippen molar-refractivity contribution in [3.8, 4) is 0 Å². The number of rotatable bonds is 3. The van der Waals surface area contributed by atoms with Gasteiger partial charge in [0.1, 0.15) is 0 Å². The first-order chi connectivity index (χ1) is 10.5. The van der Waals surface area contributed by atoms with Crippen molar-refractivity contribution in [2.24, 2.45) is 23.7 Å². The van der Waals surface area contributed by atoms with Gasteiger partial charge in [0.25, 0.3) is 0 Å². The number of benzene rings is 1. The molecular formula is C18H22NO3-. The zero-order valence-corrected chi connectivity index (χ0v) is 13.1. The van der Waals surface area contributed by atoms with Gasteiger partial charge in [-0.05, 0) is 62.5 Å². The maximum atomic E-state index is 12.8. The largest absolute Gasteiger partial charge is 0.550 e. The number of amides is 1. The minimum Gasteiger partial charge on any atom is -0.550 e. The van der Waals surface area contributed by atoms with Gasteiger partial charge in [0.2, 0.25) is 5.91 Å². The second-order valence-electron chi connectivity index (χ2n) is 6.80. The number of fused-ring (bicyclic) bond motifs is 3. The third-order valence-corrected chi connectivity index (χ3v) is 5.52. The van der Waals surface area contributed by atoms with Crippen molar-refractivity contribution in [3.05, 3.63) is 29.3 Å². The molecule has 3 fully saturated rings. The molecule has 2 bridgehead atoms. The van der Waals surface area contributed by atoms with Crippen LogP contribution in [0, 0.1) is 37.5 Å². The van der Waals surface area contributed by atoms with E-state index in [9.17, 15) is 14.7 Å². The number of aryl methyl sites for hydroxylation is 2. The lowest BCUT2D eigenvalue weighted by molar-refractivity contribution is -0.318. The van der Waals surface area contributed by atoms with Gasteiger partial charge in [-0.2, -0.15) is 0 Å². The molecule has 0 aliphatic heterocycles. The number of hydrogen-bond acceptors (Lipinski definition) is 3. The molecule has 4 nitrogen and oxygen atoms in total. The van der Waals surface area contributed by atoms with Crippen LogP contribution < -0.4 is 10.4 Å². The highest BCUT2D eigenvalue weighted by Gasteiger charge is 2.47. The van der Waals surface area contributed by atoms with E-state index in [1.807, 2.05) is 32.0 Å². The molecule has 0 unspecified atom stereocenters. The molecule has 4 heteroatoms. The van der Waals surface area contributed by atoms with E-state index in [0.717, 1.165) is 42.5 Å². The van der Waals surface area contributed by atoms with Gasteiger partial charge in [-0.25, -0.2) is 0 Å². The highest BCUT2D eigenvalue weighted by atomic mass is 16.4. The Morgan fingerprint density at radius 2 is 1.50 bits per heavy atom. The van der Waals surface area contributed by atoms with E-state index in [0.29, 0.717) is 0 Å². The van der Waals surface area contributed by atoms with Crippen LogP contribution in [0.4, 0.5) is 5.69 Å². The van der Waals surface area contributed by atoms with Crippen molar-refractivity contribution >= 4 is 17.6 Å². The third-order valence-electron chi connectivity index (χ3n) is 5.52. The molecule has 0 saturated heterocycles. The molecule has 1 aromatic carbocycles. The SMILES string of the molecule is Cc1cccc(C)c1NC(=O)[C@H]1C2CCC(CC2)[C@H]1C(=O)[O-]. The molecule has 3 aliphatic rings. The van der Waals surface area contributed by atoms with E-state index in [2.05, 4.69) is 5.32 Å². The molecule has 4 rings (SSSR count). The Labute approximate surface area is 130 Å². The standard InChI is InChI=1S/C18H23NO3/c1-10-4-3-5-11(2)16(10)19-17(20)14-12-6-8-13(9-7-12)15(14)18(21)22/h3-5,12-15H,6-9H2,1-2H3,(H,19,20)(H,21,22)/p-1/t12?,13?,14-,15+/m0/s1. The summed E-state index contributed by atoms with van der Waals surface area (Å²) >= 11 is 0. The predicted octanol–water partition coefficient (Wildman–Crippen LogP) is 2.04. The zero-order valence-electron chi connectivity index (χ0n) is 13.1. The summed E-state index contributed by atoms with van der Waals surface area (Å²) in [5.41, 5.74) is 2.81. The normalized spacial score (nSPS) is 30.1. The van der Waals surface area contributed by atoms with Crippen LogP contribution in [0.3, 0.4) is 0 Å². The van der Waals surface area contributed by atoms with Crippen LogP contribution in [0.1, 0.15) is 36.8 Å². The zero-order chi connectivity index (χ0) is 15.9. The summed E-state index contributed by atoms with van der Waals surface area (Å²) in [6, 6.07) is 5.85. The number of aliphatic carboxylic acids is 1. The molecule has 0 spiro atoms. The maximum Gasteiger partial charge on any atom is 0.228 e. The van der Waals surface area contributed by atoms with Crippen LogP contribution in [0.2, 0.25) is 0 Å². The molecule has 1 N–H and O–H groups in total. The van der Waals surface area contributed by atoms with Crippen molar-refractivity contribution in [1.29, 1.82) is 0 Å². The quantitative estimate of drug-likeness (QED) is 0.928. The molecule has 0 heterocycles. The summed E-state index contributed by atoms with van der Waals surface area (Å²) in [5, 5.41) is 14.5. The van der Waals surface area contributed by atoms with Gasteiger partial charge >= 0.3 is 0 Å². The van der Waals surface area contributed by atoms with Crippen LogP contribution >= 0.6 is 0 Å². The first-order valence-electron chi connectivity index (χ1n) is 8.07. The van der Waals surface area contributed by atoms with Gasteiger partial charge in [-0.1, -0.05) is 18.2 Å². The third kappa shape index (κ3) is 2.51. The topological polar surface area (TPSA) is 69.2 Å². The van der Waals surface area contributed by atoms with Crippen LogP contribution in [-0.4, -0.2) is 11.9 Å². The van der Waals surface area contributed by atoms with Gasteiger partial charge < -0.3 is 15.2 Å². The summed E-state index contributed by atoms with van der Waals surface area (Å²) in [4.78, 5) is 24.3. The van der Waals surface area contributed by atoms with Gasteiger partial charge in [0.05, 0.1) is 0 Å². The minimum absolute atomic E-state index is 0.101. The molecule has 118 valence electrons. The fraction of sp³-hybridized carbons (Fsp3) is 0.556. The van der Waals surface area contributed by atoms with Crippen molar-refractivity contribution in [2.45, 2.75) is 39.5 Å². The second kappa shape index (κ2) is 5.75. The Morgan fingerprint density at radius 3 is 2.00 bits per heavy atom. The maximum absolute atomic E-state index is 12.8. The van der Waals surface area contributed by atoms with Crippen LogP contribution in [0.15, 0.2) is 18.2 Å². The van der Waals surface area contributed by atoms with Crippen molar-refractivity contribution < 1.29 is 14.7 Å². The lowest BCUT2D eigenvalue weighted by Crippen LogP contribution is -2.52. The van der Waals surface area contributed by atoms with Crippen LogP contribution in [-0.2, 0) is 9.59 Å². The number of hydrogen-bond donors (Lipinski definition) is 1. The summed E-state index contributed by atoms with van der Waals surface area (Å²) in [6.07, 6.45) is 3.74. The summed E-state index contributed by atoms with van der Waals surface area (Å²) < 4.78 is 0. The highest BCUT2D eigenvalue weighted by Crippen LogP contribution is 2.49. The van der Waals surface area contributed by atoms with E-state index >= 15 is 0 Å². The number of para-hydroxylation sites is 1. The average molecular weight is 300 g/mol. The molecular weight excluding hydrogens is 278 g/mol. The fourth-order valence-corrected chi connectivity index (χ4v) is 4.38. The molecule has 3 saturated carbocycles. The smallest absolute Gasteiger partial charge is 0.228 e. The summed E-state index contributed by atoms with van der Waals surface area (Å²) in [6.45, 7) is 3.90. The first kappa shape index (κ1) is 15.1. The van der Waals surface area contributed by atoms with E-state index in [-0.39, 0.29) is 17.7 Å². The number of carboxylic acids is 1. The number of carboxylic acid groups (broad SMARTS) is 1. The van der Waals surface area contributed by atoms with Gasteiger partial charge in [0.15, 0.2) is 0 Å². The van der Waals surface area contributed by atoms with E-state index in [1.54, 1.807) is 0 Å². The molecule has 1 aromatic rings. The van der Waals surface area contributed by atoms with Crippen LogP contribution in [0.25, 0.3) is 0 Å². The number of anilines is 1. The Balaban J connectivity index is 1.86.